The van der Waals surface area contributed by atoms with Gasteiger partial charge >= 0.3 is 0 Å². The maximum atomic E-state index is 3.83. The molecule has 2 N–H and O–H groups in total. The minimum Gasteiger partial charge on any atom is -0.366 e. The van der Waals surface area contributed by atoms with Crippen LogP contribution in [0.25, 0.3) is 0 Å². The van der Waals surface area contributed by atoms with Crippen molar-refractivity contribution in [1.29, 1.82) is 0 Å². The topological polar surface area (TPSA) is 24.1 Å². The van der Waals surface area contributed by atoms with Gasteiger partial charge in [-0.15, -0.1) is 0 Å². The first-order chi connectivity index (χ1) is 4.81. The highest BCUT2D eigenvalue weighted by Crippen LogP contribution is 1.89. The van der Waals surface area contributed by atoms with Gasteiger partial charge < -0.3 is 10.6 Å². The number of nitrogens with one attached hydrogen (secondary N) is 2. The summed E-state index contributed by atoms with van der Waals surface area (Å²) in [4.78, 5) is 0. The molecule has 0 fully saturated rings. The first-order valence-corrected chi connectivity index (χ1v) is 3.51. The summed E-state index contributed by atoms with van der Waals surface area (Å²) < 4.78 is 0. The second-order valence-corrected chi connectivity index (χ2v) is 2.10. The molecular formula is C8H16N2. The molecule has 0 bridgehead atoms. The van der Waals surface area contributed by atoms with Gasteiger partial charge in [0.15, 0.2) is 0 Å². The van der Waals surface area contributed by atoms with E-state index in [9.17, 15) is 0 Å². The van der Waals surface area contributed by atoms with Gasteiger partial charge in [0.25, 0.3) is 0 Å². The summed E-state index contributed by atoms with van der Waals surface area (Å²) in [5.41, 5.74) is 1.05. The average molecular weight is 140 g/mol. The van der Waals surface area contributed by atoms with E-state index < -0.39 is 0 Å². The van der Waals surface area contributed by atoms with E-state index in [-0.39, 0.29) is 0 Å². The Balaban J connectivity index is 3.25. The normalized spacial score (nSPS) is 10.2. The lowest BCUT2D eigenvalue weighted by molar-refractivity contribution is 0.760. The molecule has 2 nitrogen and oxygen atoms in total. The Hall–Kier alpha value is -0.760. The van der Waals surface area contributed by atoms with Crippen molar-refractivity contribution in [2.75, 3.05) is 13.6 Å². The van der Waals surface area contributed by atoms with Crippen molar-refractivity contribution in [2.24, 2.45) is 0 Å². The van der Waals surface area contributed by atoms with Gasteiger partial charge in [0.05, 0.1) is 0 Å². The van der Waals surface area contributed by atoms with Gasteiger partial charge in [-0.25, -0.2) is 0 Å². The molecule has 10 heavy (non-hydrogen) atoms. The molecule has 0 radical (unpaired) electrons. The molecular weight excluding hydrogens is 124 g/mol. The molecule has 58 valence electrons. The van der Waals surface area contributed by atoms with E-state index in [0.717, 1.165) is 18.7 Å². The molecule has 0 aliphatic heterocycles. The Bertz CT molecular complexity index is 116. The summed E-state index contributed by atoms with van der Waals surface area (Å²) in [6.45, 7) is 6.77. The van der Waals surface area contributed by atoms with E-state index in [0.29, 0.717) is 0 Å². The highest BCUT2D eigenvalue weighted by molar-refractivity contribution is 4.96. The molecule has 0 aromatic carbocycles. The zero-order valence-electron chi connectivity index (χ0n) is 6.78. The van der Waals surface area contributed by atoms with E-state index in [4.69, 9.17) is 0 Å². The summed E-state index contributed by atoms with van der Waals surface area (Å²) in [6.07, 6.45) is 4.81. The monoisotopic (exact) mass is 140 g/mol. The zero-order valence-corrected chi connectivity index (χ0v) is 6.78. The van der Waals surface area contributed by atoms with Crippen molar-refractivity contribution in [3.63, 3.8) is 0 Å². The van der Waals surface area contributed by atoms with E-state index >= 15 is 0 Å². The van der Waals surface area contributed by atoms with Crippen LogP contribution in [0.2, 0.25) is 0 Å². The van der Waals surface area contributed by atoms with Crippen molar-refractivity contribution in [3.05, 3.63) is 24.6 Å². The third-order valence-electron chi connectivity index (χ3n) is 1.13. The fraction of sp³-hybridized carbons (Fsp3) is 0.500. The van der Waals surface area contributed by atoms with Crippen LogP contribution in [0.1, 0.15) is 13.3 Å². The SMILES string of the molecule is C=C(CCNC)N/C=C\C. The third-order valence-corrected chi connectivity index (χ3v) is 1.13. The van der Waals surface area contributed by atoms with Crippen LogP contribution in [0.15, 0.2) is 24.6 Å². The molecule has 0 unspecified atom stereocenters. The summed E-state index contributed by atoms with van der Waals surface area (Å²) in [6, 6.07) is 0. The lowest BCUT2D eigenvalue weighted by Crippen LogP contribution is -2.12. The number of hydrogen-bond acceptors (Lipinski definition) is 2. The van der Waals surface area contributed by atoms with Crippen LogP contribution < -0.4 is 10.6 Å². The fourth-order valence-electron chi connectivity index (χ4n) is 0.549. The highest BCUT2D eigenvalue weighted by Gasteiger charge is 1.86. The molecule has 0 aliphatic carbocycles. The summed E-state index contributed by atoms with van der Waals surface area (Å²) in [5, 5.41) is 6.10. The molecule has 0 rings (SSSR count). The number of rotatable bonds is 5. The molecule has 0 saturated heterocycles. The predicted molar refractivity (Wildman–Crippen MR) is 45.6 cm³/mol. The molecule has 0 atom stereocenters. The molecule has 0 aromatic heterocycles. The molecule has 0 aromatic rings. The van der Waals surface area contributed by atoms with E-state index in [1.54, 1.807) is 0 Å². The van der Waals surface area contributed by atoms with E-state index in [1.807, 2.05) is 26.2 Å². The second kappa shape index (κ2) is 6.36. The quantitative estimate of drug-likeness (QED) is 0.600. The van der Waals surface area contributed by atoms with Gasteiger partial charge in [-0.2, -0.15) is 0 Å². The third kappa shape index (κ3) is 5.38. The van der Waals surface area contributed by atoms with Crippen molar-refractivity contribution in [2.45, 2.75) is 13.3 Å². The maximum absolute atomic E-state index is 3.83. The zero-order chi connectivity index (χ0) is 7.82. The van der Waals surface area contributed by atoms with Crippen molar-refractivity contribution in [1.82, 2.24) is 10.6 Å². The van der Waals surface area contributed by atoms with Crippen molar-refractivity contribution >= 4 is 0 Å². The Kier molecular flexibility index (Phi) is 5.88. The van der Waals surface area contributed by atoms with Crippen LogP contribution in [0.5, 0.6) is 0 Å². The predicted octanol–water partition coefficient (Wildman–Crippen LogP) is 1.23. The lowest BCUT2D eigenvalue weighted by atomic mass is 10.3. The fourth-order valence-corrected chi connectivity index (χ4v) is 0.549. The summed E-state index contributed by atoms with van der Waals surface area (Å²) in [5.74, 6) is 0. The minimum absolute atomic E-state index is 0.973. The van der Waals surface area contributed by atoms with Gasteiger partial charge in [0, 0.05) is 12.2 Å². The molecule has 0 spiro atoms. The highest BCUT2D eigenvalue weighted by atomic mass is 14.9. The number of hydrogen-bond donors (Lipinski definition) is 2. The number of allylic oxidation sites excluding steroid dienone is 1. The van der Waals surface area contributed by atoms with Crippen LogP contribution >= 0.6 is 0 Å². The maximum Gasteiger partial charge on any atom is 0.00859 e. The summed E-state index contributed by atoms with van der Waals surface area (Å²) >= 11 is 0. The average Bonchev–Trinajstić information content (AvgIpc) is 1.97. The van der Waals surface area contributed by atoms with Crippen molar-refractivity contribution in [3.8, 4) is 0 Å². The first-order valence-electron chi connectivity index (χ1n) is 3.51. The minimum atomic E-state index is 0.973. The van der Waals surface area contributed by atoms with Crippen LogP contribution in [0.4, 0.5) is 0 Å². The smallest absolute Gasteiger partial charge is 0.00859 e. The summed E-state index contributed by atoms with van der Waals surface area (Å²) in [7, 11) is 1.93. The molecule has 0 amide bonds. The van der Waals surface area contributed by atoms with Crippen LogP contribution in [-0.4, -0.2) is 13.6 Å². The Labute approximate surface area is 63.0 Å². The molecule has 0 heterocycles. The largest absolute Gasteiger partial charge is 0.366 e. The van der Waals surface area contributed by atoms with Gasteiger partial charge in [0.2, 0.25) is 0 Å². The standard InChI is InChI=1S/C8H16N2/c1-4-6-10-8(2)5-7-9-3/h4,6,9-10H,2,5,7H2,1,3H3/b6-4-. The van der Waals surface area contributed by atoms with E-state index in [1.165, 1.54) is 0 Å². The van der Waals surface area contributed by atoms with Crippen LogP contribution in [0, 0.1) is 0 Å². The molecule has 2 heteroatoms. The second-order valence-electron chi connectivity index (χ2n) is 2.10. The van der Waals surface area contributed by atoms with Gasteiger partial charge in [-0.3, -0.25) is 0 Å². The van der Waals surface area contributed by atoms with Gasteiger partial charge in [-0.05, 0) is 26.6 Å². The lowest BCUT2D eigenvalue weighted by Gasteiger charge is -2.03. The Morgan fingerprint density at radius 1 is 1.60 bits per heavy atom. The van der Waals surface area contributed by atoms with Crippen LogP contribution in [0.3, 0.4) is 0 Å². The van der Waals surface area contributed by atoms with Crippen LogP contribution in [-0.2, 0) is 0 Å². The first kappa shape index (κ1) is 9.24. The van der Waals surface area contributed by atoms with Gasteiger partial charge in [0.1, 0.15) is 0 Å². The molecule has 0 aliphatic rings. The Morgan fingerprint density at radius 2 is 2.30 bits per heavy atom. The van der Waals surface area contributed by atoms with E-state index in [2.05, 4.69) is 17.2 Å². The Morgan fingerprint density at radius 3 is 2.80 bits per heavy atom. The van der Waals surface area contributed by atoms with Crippen molar-refractivity contribution < 1.29 is 0 Å². The molecule has 0 saturated carbocycles. The van der Waals surface area contributed by atoms with Gasteiger partial charge in [-0.1, -0.05) is 12.7 Å².